The molecule has 7 nitrogen and oxygen atoms in total. The van der Waals surface area contributed by atoms with Gasteiger partial charge < -0.3 is 24.1 Å². The largest absolute Gasteiger partial charge is 0.508 e. The Morgan fingerprint density at radius 2 is 2.00 bits per heavy atom. The molecule has 0 radical (unpaired) electrons. The molecular weight excluding hydrogens is 227 g/mol. The molecule has 1 N–H and O–H groups in total. The Morgan fingerprint density at radius 3 is 2.50 bits per heavy atom. The second kappa shape index (κ2) is 5.08. The molecule has 0 bridgehead atoms. The topological polar surface area (TPSA) is 91.3 Å². The van der Waals surface area contributed by atoms with Crippen LogP contribution in [0.25, 0.3) is 0 Å². The fourth-order valence-electron chi connectivity index (χ4n) is 1.14. The third-order valence-corrected chi connectivity index (χ3v) is 1.81. The molecule has 1 saturated heterocycles. The number of hydrogen-bond acceptors (Lipinski definition) is 7. The van der Waals surface area contributed by atoms with Crippen LogP contribution in [0.4, 0.5) is 9.18 Å². The maximum absolute atomic E-state index is 13.3. The number of aliphatic hydroxyl groups is 1. The van der Waals surface area contributed by atoms with Crippen LogP contribution < -0.4 is 0 Å². The Balaban J connectivity index is 2.67. The summed E-state index contributed by atoms with van der Waals surface area (Å²) in [4.78, 5) is 21.4. The Kier molecular flexibility index (Phi) is 4.02. The summed E-state index contributed by atoms with van der Waals surface area (Å²) in [5.41, 5.74) is 0. The lowest BCUT2D eigenvalue weighted by molar-refractivity contribution is -0.207. The van der Waals surface area contributed by atoms with E-state index < -0.39 is 37.0 Å². The summed E-state index contributed by atoms with van der Waals surface area (Å²) in [5, 5.41) is 9.02. The molecule has 1 rings (SSSR count). The molecule has 16 heavy (non-hydrogen) atoms. The van der Waals surface area contributed by atoms with Crippen molar-refractivity contribution in [1.82, 2.24) is 0 Å². The lowest BCUT2D eigenvalue weighted by Crippen LogP contribution is -2.36. The van der Waals surface area contributed by atoms with Crippen molar-refractivity contribution in [3.05, 3.63) is 0 Å². The summed E-state index contributed by atoms with van der Waals surface area (Å²) < 4.78 is 30.9. The number of esters is 1. The maximum Gasteiger partial charge on any atom is 0.508 e. The molecular formula is C8H11FO7. The highest BCUT2D eigenvalue weighted by Gasteiger charge is 2.49. The Bertz CT molecular complexity index is 282. The quantitative estimate of drug-likeness (QED) is 0.661. The number of carbonyl (C=O) groups is 2. The van der Waals surface area contributed by atoms with E-state index in [-0.39, 0.29) is 0 Å². The van der Waals surface area contributed by atoms with E-state index in [1.54, 1.807) is 0 Å². The summed E-state index contributed by atoms with van der Waals surface area (Å²) in [6, 6.07) is 0. The molecule has 0 aromatic heterocycles. The van der Waals surface area contributed by atoms with Crippen molar-refractivity contribution in [1.29, 1.82) is 0 Å². The second-order valence-corrected chi connectivity index (χ2v) is 2.99. The predicted octanol–water partition coefficient (Wildman–Crippen LogP) is -0.286. The van der Waals surface area contributed by atoms with Crippen molar-refractivity contribution in [2.75, 3.05) is 7.11 Å². The molecule has 0 spiro atoms. The zero-order valence-corrected chi connectivity index (χ0v) is 8.58. The van der Waals surface area contributed by atoms with Crippen LogP contribution in [-0.2, 0) is 23.7 Å². The van der Waals surface area contributed by atoms with Gasteiger partial charge in [-0.15, -0.1) is 0 Å². The van der Waals surface area contributed by atoms with Gasteiger partial charge in [-0.2, -0.15) is 0 Å². The van der Waals surface area contributed by atoms with E-state index in [1.807, 2.05) is 0 Å². The first-order valence-electron chi connectivity index (χ1n) is 4.35. The van der Waals surface area contributed by atoms with Gasteiger partial charge in [0.2, 0.25) is 12.4 Å². The summed E-state index contributed by atoms with van der Waals surface area (Å²) >= 11 is 0. The molecule has 4 atom stereocenters. The number of rotatable bonds is 2. The van der Waals surface area contributed by atoms with Gasteiger partial charge in [0, 0.05) is 6.92 Å². The number of aliphatic hydroxyl groups excluding tert-OH is 1. The van der Waals surface area contributed by atoms with Crippen LogP contribution >= 0.6 is 0 Å². The van der Waals surface area contributed by atoms with E-state index in [2.05, 4.69) is 18.9 Å². The third kappa shape index (κ3) is 2.80. The van der Waals surface area contributed by atoms with E-state index in [0.29, 0.717) is 0 Å². The van der Waals surface area contributed by atoms with Crippen molar-refractivity contribution in [3.8, 4) is 0 Å². The minimum atomic E-state index is -2.01. The molecule has 1 aliphatic heterocycles. The Morgan fingerprint density at radius 1 is 1.38 bits per heavy atom. The summed E-state index contributed by atoms with van der Waals surface area (Å²) in [6.07, 6.45) is -8.03. The molecule has 8 heteroatoms. The van der Waals surface area contributed by atoms with Gasteiger partial charge in [0.25, 0.3) is 0 Å². The molecule has 0 saturated carbocycles. The SMILES string of the molecule is COC(=O)O[C@@H]1[C@@H](OC(C)=O)OC(O)[C@H]1F. The van der Waals surface area contributed by atoms with Gasteiger partial charge in [-0.3, -0.25) is 4.79 Å². The van der Waals surface area contributed by atoms with Gasteiger partial charge in [-0.1, -0.05) is 0 Å². The van der Waals surface area contributed by atoms with Gasteiger partial charge in [0.1, 0.15) is 0 Å². The number of carbonyl (C=O) groups excluding carboxylic acids is 2. The van der Waals surface area contributed by atoms with Crippen molar-refractivity contribution in [2.24, 2.45) is 0 Å². The first kappa shape index (κ1) is 12.7. The number of methoxy groups -OCH3 is 1. The van der Waals surface area contributed by atoms with E-state index in [0.717, 1.165) is 14.0 Å². The highest BCUT2D eigenvalue weighted by Crippen LogP contribution is 2.26. The van der Waals surface area contributed by atoms with Crippen LogP contribution in [0.1, 0.15) is 6.92 Å². The molecule has 1 heterocycles. The van der Waals surface area contributed by atoms with E-state index in [1.165, 1.54) is 0 Å². The van der Waals surface area contributed by atoms with Crippen LogP contribution in [-0.4, -0.2) is 49.2 Å². The number of alkyl halides is 1. The zero-order valence-electron chi connectivity index (χ0n) is 8.58. The van der Waals surface area contributed by atoms with Gasteiger partial charge >= 0.3 is 12.1 Å². The standard InChI is InChI=1S/C8H11FO7/c1-3(10)14-7-5(15-8(12)13-2)4(9)6(11)16-7/h4-7,11H,1-2H3/t4-,5-,6?,7-/m0/s1. The third-order valence-electron chi connectivity index (χ3n) is 1.81. The Labute approximate surface area is 90.0 Å². The molecule has 0 aromatic carbocycles. The van der Waals surface area contributed by atoms with Crippen molar-refractivity contribution in [3.63, 3.8) is 0 Å². The molecule has 0 aliphatic carbocycles. The van der Waals surface area contributed by atoms with Crippen molar-refractivity contribution in [2.45, 2.75) is 31.8 Å². The highest BCUT2D eigenvalue weighted by atomic mass is 19.1. The first-order chi connectivity index (χ1) is 7.45. The molecule has 1 fully saturated rings. The fraction of sp³-hybridized carbons (Fsp3) is 0.750. The molecule has 0 amide bonds. The lowest BCUT2D eigenvalue weighted by Gasteiger charge is -2.17. The van der Waals surface area contributed by atoms with E-state index in [9.17, 15) is 14.0 Å². The lowest BCUT2D eigenvalue weighted by atomic mass is 10.2. The maximum atomic E-state index is 13.3. The van der Waals surface area contributed by atoms with Gasteiger partial charge in [-0.25, -0.2) is 9.18 Å². The highest BCUT2D eigenvalue weighted by molar-refractivity contribution is 5.66. The fourth-order valence-corrected chi connectivity index (χ4v) is 1.14. The van der Waals surface area contributed by atoms with Gasteiger partial charge in [0.05, 0.1) is 7.11 Å². The monoisotopic (exact) mass is 238 g/mol. The number of ether oxygens (including phenoxy) is 4. The first-order valence-corrected chi connectivity index (χ1v) is 4.35. The predicted molar refractivity (Wildman–Crippen MR) is 44.8 cm³/mol. The smallest absolute Gasteiger partial charge is 0.438 e. The van der Waals surface area contributed by atoms with Crippen molar-refractivity contribution < 1.29 is 38.0 Å². The number of hydrogen-bond donors (Lipinski definition) is 1. The minimum absolute atomic E-state index is 0.759. The molecule has 92 valence electrons. The molecule has 0 aromatic rings. The zero-order chi connectivity index (χ0) is 12.3. The second-order valence-electron chi connectivity index (χ2n) is 2.99. The van der Waals surface area contributed by atoms with Crippen LogP contribution in [0.3, 0.4) is 0 Å². The van der Waals surface area contributed by atoms with Crippen LogP contribution in [0.15, 0.2) is 0 Å². The van der Waals surface area contributed by atoms with E-state index >= 15 is 0 Å². The average molecular weight is 238 g/mol. The number of halogens is 1. The van der Waals surface area contributed by atoms with Gasteiger partial charge in [-0.05, 0) is 0 Å². The average Bonchev–Trinajstić information content (AvgIpc) is 2.45. The summed E-state index contributed by atoms with van der Waals surface area (Å²) in [5.74, 6) is -0.759. The minimum Gasteiger partial charge on any atom is -0.438 e. The van der Waals surface area contributed by atoms with Crippen LogP contribution in [0, 0.1) is 0 Å². The summed E-state index contributed by atoms with van der Waals surface area (Å²) in [7, 11) is 1.03. The Hall–Kier alpha value is -1.41. The molecule has 1 unspecified atom stereocenters. The van der Waals surface area contributed by atoms with E-state index in [4.69, 9.17) is 5.11 Å². The normalized spacial score (nSPS) is 33.2. The molecule has 1 aliphatic rings. The van der Waals surface area contributed by atoms with Crippen LogP contribution in [0.5, 0.6) is 0 Å². The van der Waals surface area contributed by atoms with Gasteiger partial charge in [0.15, 0.2) is 12.5 Å². The van der Waals surface area contributed by atoms with Crippen molar-refractivity contribution >= 4 is 12.1 Å². The van der Waals surface area contributed by atoms with Crippen LogP contribution in [0.2, 0.25) is 0 Å². The summed E-state index contributed by atoms with van der Waals surface area (Å²) in [6.45, 7) is 1.07.